The van der Waals surface area contributed by atoms with Gasteiger partial charge in [-0.15, -0.1) is 0 Å². The molecule has 0 aliphatic heterocycles. The molecule has 9 nitrogen and oxygen atoms in total. The van der Waals surface area contributed by atoms with Crippen LogP contribution in [0, 0.1) is 23.2 Å². The van der Waals surface area contributed by atoms with Crippen LogP contribution in [0.5, 0.6) is 11.9 Å². The molecule has 5 rings (SSSR count). The van der Waals surface area contributed by atoms with E-state index in [-0.39, 0.29) is 28.5 Å². The molecule has 1 heterocycles. The summed E-state index contributed by atoms with van der Waals surface area (Å²) in [6.07, 6.45) is 7.32. The number of hydrogen-bond donors (Lipinski definition) is 2. The Bertz CT molecular complexity index is 1510. The van der Waals surface area contributed by atoms with E-state index in [4.69, 9.17) is 9.47 Å². The van der Waals surface area contributed by atoms with Crippen molar-refractivity contribution in [3.63, 3.8) is 0 Å². The highest BCUT2D eigenvalue weighted by atomic mass is 32.2. The van der Waals surface area contributed by atoms with Gasteiger partial charge in [0, 0.05) is 11.8 Å². The van der Waals surface area contributed by atoms with Crippen molar-refractivity contribution in [1.29, 1.82) is 0 Å². The van der Waals surface area contributed by atoms with E-state index in [1.165, 1.54) is 56.4 Å². The highest BCUT2D eigenvalue weighted by molar-refractivity contribution is 7.92. The minimum atomic E-state index is -3.96. The zero-order chi connectivity index (χ0) is 30.2. The van der Waals surface area contributed by atoms with Crippen LogP contribution in [0.2, 0.25) is 0 Å². The summed E-state index contributed by atoms with van der Waals surface area (Å²) in [4.78, 5) is 21.9. The third-order valence-electron chi connectivity index (χ3n) is 9.44. The molecular formula is C32H42N4O5S. The van der Waals surface area contributed by atoms with E-state index < -0.39 is 15.4 Å². The quantitative estimate of drug-likeness (QED) is 0.357. The highest BCUT2D eigenvalue weighted by Gasteiger charge is 2.45. The van der Waals surface area contributed by atoms with E-state index in [1.54, 1.807) is 23.3 Å². The molecular weight excluding hydrogens is 552 g/mol. The van der Waals surface area contributed by atoms with Gasteiger partial charge in [0.25, 0.3) is 10.0 Å². The van der Waals surface area contributed by atoms with Gasteiger partial charge in [0.15, 0.2) is 5.82 Å². The van der Waals surface area contributed by atoms with Crippen molar-refractivity contribution in [2.24, 2.45) is 23.2 Å². The summed E-state index contributed by atoms with van der Waals surface area (Å²) in [5.41, 5.74) is 5.89. The van der Waals surface area contributed by atoms with Gasteiger partial charge in [0.1, 0.15) is 0 Å². The van der Waals surface area contributed by atoms with E-state index in [9.17, 15) is 13.2 Å². The van der Waals surface area contributed by atoms with Gasteiger partial charge in [0.2, 0.25) is 11.8 Å². The van der Waals surface area contributed by atoms with Crippen LogP contribution in [0.3, 0.4) is 0 Å². The molecule has 0 radical (unpaired) electrons. The topological polar surface area (TPSA) is 120 Å². The first-order valence-corrected chi connectivity index (χ1v) is 16.3. The molecule has 10 heteroatoms. The van der Waals surface area contributed by atoms with Gasteiger partial charge in [-0.3, -0.25) is 9.52 Å². The number of benzene rings is 1. The monoisotopic (exact) mass is 594 g/mol. The van der Waals surface area contributed by atoms with Crippen LogP contribution in [0.1, 0.15) is 72.6 Å². The fourth-order valence-corrected chi connectivity index (χ4v) is 7.83. The van der Waals surface area contributed by atoms with Gasteiger partial charge in [-0.25, -0.2) is 8.42 Å². The maximum Gasteiger partial charge on any atom is 0.321 e. The summed E-state index contributed by atoms with van der Waals surface area (Å²) in [7, 11) is -1.16. The Kier molecular flexibility index (Phi) is 8.38. The molecule has 3 atom stereocenters. The first kappa shape index (κ1) is 30.1. The van der Waals surface area contributed by atoms with E-state index in [0.29, 0.717) is 17.5 Å². The number of hydrogen-bond acceptors (Lipinski definition) is 7. The standard InChI is InChI=1S/C32H42N4O5S/c1-19(2)21-7-13-25-22(17-21)8-14-26-29(25)20(3)15-16-32(26,4)30(37)33-23-9-11-24(12-10-23)42(38,39)36-27-18-28(40-5)35-31(34-27)41-6/h9-12,18-21H,7-8,13-17H2,1-6H3,(H,33,37)(H,34,35,36)/t20-,21-,32-/m0/s1. The minimum absolute atomic E-state index is 0.0167. The van der Waals surface area contributed by atoms with Crippen LogP contribution >= 0.6 is 0 Å². The molecule has 0 bridgehead atoms. The molecule has 42 heavy (non-hydrogen) atoms. The van der Waals surface area contributed by atoms with Crippen LogP contribution in [-0.2, 0) is 14.8 Å². The highest BCUT2D eigenvalue weighted by Crippen LogP contribution is 2.54. The second-order valence-electron chi connectivity index (χ2n) is 12.4. The lowest BCUT2D eigenvalue weighted by atomic mass is 9.59. The Hall–Kier alpha value is -3.40. The molecule has 2 aromatic rings. The number of aromatic nitrogens is 2. The second kappa shape index (κ2) is 11.7. The van der Waals surface area contributed by atoms with E-state index in [0.717, 1.165) is 38.0 Å². The number of sulfonamides is 1. The average Bonchev–Trinajstić information content (AvgIpc) is 2.98. The Labute approximate surface area is 249 Å². The van der Waals surface area contributed by atoms with Gasteiger partial charge in [-0.05, 0) is 105 Å². The SMILES string of the molecule is COc1cc(NS(=O)(=O)c2ccc(NC(=O)[C@@]3(C)CC[C@H](C)C4=C3CCC3=C4CC[C@H](C(C)C)C3)cc2)nc(OC)n1. The van der Waals surface area contributed by atoms with Gasteiger partial charge < -0.3 is 14.8 Å². The zero-order valence-corrected chi connectivity index (χ0v) is 26.2. The number of methoxy groups -OCH3 is 2. The van der Waals surface area contributed by atoms with Crippen molar-refractivity contribution < 1.29 is 22.7 Å². The maximum atomic E-state index is 13.9. The smallest absolute Gasteiger partial charge is 0.321 e. The summed E-state index contributed by atoms with van der Waals surface area (Å²) >= 11 is 0. The lowest BCUT2D eigenvalue weighted by molar-refractivity contribution is -0.123. The van der Waals surface area contributed by atoms with Crippen LogP contribution in [0.15, 0.2) is 57.5 Å². The molecule has 0 unspecified atom stereocenters. The number of anilines is 2. The van der Waals surface area contributed by atoms with Crippen molar-refractivity contribution in [2.45, 2.75) is 77.5 Å². The molecule has 0 saturated heterocycles. The first-order chi connectivity index (χ1) is 19.9. The molecule has 0 spiro atoms. The molecule has 3 aliphatic rings. The van der Waals surface area contributed by atoms with Gasteiger partial charge >= 0.3 is 6.01 Å². The van der Waals surface area contributed by atoms with Crippen LogP contribution in [-0.4, -0.2) is 38.5 Å². The number of fused-ring (bicyclic) bond motifs is 1. The molecule has 2 N–H and O–H groups in total. The number of carbonyl (C=O) groups is 1. The number of rotatable bonds is 8. The molecule has 226 valence electrons. The largest absolute Gasteiger partial charge is 0.481 e. The van der Waals surface area contributed by atoms with Crippen molar-refractivity contribution in [3.05, 3.63) is 52.6 Å². The van der Waals surface area contributed by atoms with E-state index in [2.05, 4.69) is 47.7 Å². The third kappa shape index (κ3) is 5.78. The Morgan fingerprint density at radius 1 is 1.05 bits per heavy atom. The summed E-state index contributed by atoms with van der Waals surface area (Å²) in [5, 5.41) is 3.09. The maximum absolute atomic E-state index is 13.9. The predicted molar refractivity (Wildman–Crippen MR) is 163 cm³/mol. The van der Waals surface area contributed by atoms with Gasteiger partial charge in [-0.2, -0.15) is 9.97 Å². The normalized spacial score (nSPS) is 24.2. The second-order valence-corrected chi connectivity index (χ2v) is 14.0. The number of nitrogens with one attached hydrogen (secondary N) is 2. The Morgan fingerprint density at radius 2 is 1.79 bits per heavy atom. The average molecular weight is 595 g/mol. The number of carbonyl (C=O) groups excluding carboxylic acids is 1. The fourth-order valence-electron chi connectivity index (χ4n) is 6.84. The zero-order valence-electron chi connectivity index (χ0n) is 25.4. The number of amides is 1. The van der Waals surface area contributed by atoms with Crippen LogP contribution < -0.4 is 19.5 Å². The molecule has 1 amide bonds. The van der Waals surface area contributed by atoms with Crippen LogP contribution in [0.25, 0.3) is 0 Å². The minimum Gasteiger partial charge on any atom is -0.481 e. The number of ether oxygens (including phenoxy) is 2. The Morgan fingerprint density at radius 3 is 2.45 bits per heavy atom. The van der Waals surface area contributed by atoms with Crippen molar-refractivity contribution in [2.75, 3.05) is 24.3 Å². The lowest BCUT2D eigenvalue weighted by Crippen LogP contribution is -2.41. The van der Waals surface area contributed by atoms with Crippen LogP contribution in [0.4, 0.5) is 11.5 Å². The van der Waals surface area contributed by atoms with E-state index in [1.807, 2.05) is 0 Å². The van der Waals surface area contributed by atoms with Gasteiger partial charge in [-0.1, -0.05) is 31.9 Å². The van der Waals surface area contributed by atoms with Gasteiger partial charge in [0.05, 0.1) is 24.5 Å². The predicted octanol–water partition coefficient (Wildman–Crippen LogP) is 6.51. The number of allylic oxidation sites excluding steroid dienone is 3. The van der Waals surface area contributed by atoms with Crippen molar-refractivity contribution in [1.82, 2.24) is 9.97 Å². The summed E-state index contributed by atoms with van der Waals surface area (Å²) in [6.45, 7) is 9.07. The summed E-state index contributed by atoms with van der Waals surface area (Å²) in [6, 6.07) is 7.51. The molecule has 1 aromatic heterocycles. The molecule has 0 fully saturated rings. The molecule has 3 aliphatic carbocycles. The third-order valence-corrected chi connectivity index (χ3v) is 10.8. The summed E-state index contributed by atoms with van der Waals surface area (Å²) < 4.78 is 38.6. The Balaban J connectivity index is 1.34. The first-order valence-electron chi connectivity index (χ1n) is 14.8. The number of nitrogens with zero attached hydrogens (tertiary/aromatic N) is 2. The van der Waals surface area contributed by atoms with E-state index >= 15 is 0 Å². The summed E-state index contributed by atoms with van der Waals surface area (Å²) in [5.74, 6) is 2.07. The van der Waals surface area contributed by atoms with Crippen molar-refractivity contribution >= 4 is 27.4 Å². The lowest BCUT2D eigenvalue weighted by Gasteiger charge is -2.45. The fraction of sp³-hybridized carbons (Fsp3) is 0.531. The molecule has 1 aromatic carbocycles. The molecule has 0 saturated carbocycles. The van der Waals surface area contributed by atoms with Crippen molar-refractivity contribution in [3.8, 4) is 11.9 Å².